The van der Waals surface area contributed by atoms with Gasteiger partial charge in [-0.25, -0.2) is 9.80 Å². The number of nitrogens with one attached hydrogen (secondary N) is 1. The van der Waals surface area contributed by atoms with Crippen molar-refractivity contribution in [2.75, 3.05) is 20.1 Å². The molecule has 8 nitrogen and oxygen atoms in total. The van der Waals surface area contributed by atoms with E-state index in [0.717, 1.165) is 27.5 Å². The van der Waals surface area contributed by atoms with Crippen molar-refractivity contribution in [1.29, 1.82) is 0 Å². The molecule has 3 rings (SSSR count). The topological polar surface area (TPSA) is 90.0 Å². The van der Waals surface area contributed by atoms with Gasteiger partial charge < -0.3 is 4.90 Å². The number of imide groups is 1. The van der Waals surface area contributed by atoms with Gasteiger partial charge in [-0.1, -0.05) is 24.3 Å². The second kappa shape index (κ2) is 6.54. The monoisotopic (exact) mass is 344 g/mol. The van der Waals surface area contributed by atoms with Crippen molar-refractivity contribution >= 4 is 23.8 Å². The predicted octanol–water partition coefficient (Wildman–Crippen LogP) is 0.448. The van der Waals surface area contributed by atoms with Crippen LogP contribution in [0.1, 0.15) is 30.5 Å². The highest BCUT2D eigenvalue weighted by molar-refractivity contribution is 6.02. The van der Waals surface area contributed by atoms with Crippen molar-refractivity contribution < 1.29 is 19.2 Å². The van der Waals surface area contributed by atoms with Crippen LogP contribution in [0.15, 0.2) is 24.3 Å². The van der Waals surface area contributed by atoms with Gasteiger partial charge in [-0.2, -0.15) is 0 Å². The van der Waals surface area contributed by atoms with Crippen LogP contribution in [-0.2, 0) is 20.8 Å². The molecule has 1 aromatic carbocycles. The zero-order valence-electron chi connectivity index (χ0n) is 14.2. The zero-order valence-corrected chi connectivity index (χ0v) is 14.2. The molecule has 2 aliphatic heterocycles. The average Bonchev–Trinajstić information content (AvgIpc) is 2.81. The fraction of sp³-hybridized carbons (Fsp3) is 0.412. The molecule has 0 bridgehead atoms. The van der Waals surface area contributed by atoms with E-state index in [1.54, 1.807) is 4.90 Å². The van der Waals surface area contributed by atoms with Gasteiger partial charge in [-0.05, 0) is 17.5 Å². The molecule has 25 heavy (non-hydrogen) atoms. The van der Waals surface area contributed by atoms with Crippen molar-refractivity contribution in [3.8, 4) is 0 Å². The summed E-state index contributed by atoms with van der Waals surface area (Å²) in [4.78, 5) is 50.4. The number of hydrazine groups is 1. The lowest BCUT2D eigenvalue weighted by Crippen LogP contribution is -2.47. The summed E-state index contributed by atoms with van der Waals surface area (Å²) in [6.07, 6.45) is 0.774. The molecule has 0 aliphatic carbocycles. The van der Waals surface area contributed by atoms with Crippen molar-refractivity contribution in [3.63, 3.8) is 0 Å². The van der Waals surface area contributed by atoms with Crippen LogP contribution in [0.4, 0.5) is 4.79 Å². The molecule has 2 aliphatic rings. The van der Waals surface area contributed by atoms with Crippen molar-refractivity contribution in [2.45, 2.75) is 25.8 Å². The van der Waals surface area contributed by atoms with E-state index in [-0.39, 0.29) is 30.8 Å². The second-order valence-electron chi connectivity index (χ2n) is 6.24. The van der Waals surface area contributed by atoms with Gasteiger partial charge in [0.05, 0.1) is 12.5 Å². The molecule has 1 atom stereocenters. The molecular weight excluding hydrogens is 324 g/mol. The molecule has 1 aromatic rings. The fourth-order valence-corrected chi connectivity index (χ4v) is 3.30. The van der Waals surface area contributed by atoms with Crippen LogP contribution in [-0.4, -0.2) is 58.7 Å². The molecule has 8 heteroatoms. The fourth-order valence-electron chi connectivity index (χ4n) is 3.30. The van der Waals surface area contributed by atoms with E-state index in [4.69, 9.17) is 0 Å². The maximum atomic E-state index is 12.4. The summed E-state index contributed by atoms with van der Waals surface area (Å²) >= 11 is 0. The normalized spacial score (nSPS) is 19.9. The summed E-state index contributed by atoms with van der Waals surface area (Å²) < 4.78 is 0. The predicted molar refractivity (Wildman–Crippen MR) is 87.9 cm³/mol. The van der Waals surface area contributed by atoms with E-state index in [1.807, 2.05) is 24.3 Å². The SMILES string of the molecule is CC(=O)N1CCc2ccccc2C1CC(=O)NN1CC(=O)N(C)C1=O. The van der Waals surface area contributed by atoms with Crippen molar-refractivity contribution in [3.05, 3.63) is 35.4 Å². The molecular formula is C17H20N4O4. The first kappa shape index (κ1) is 16.9. The molecule has 1 N–H and O–H groups in total. The van der Waals surface area contributed by atoms with E-state index < -0.39 is 11.9 Å². The van der Waals surface area contributed by atoms with Gasteiger partial charge in [-0.3, -0.25) is 24.7 Å². The number of hydrogen-bond donors (Lipinski definition) is 1. The third-order valence-corrected chi connectivity index (χ3v) is 4.64. The Bertz CT molecular complexity index is 748. The number of carbonyl (C=O) groups excluding carboxylic acids is 4. The number of rotatable bonds is 3. The van der Waals surface area contributed by atoms with Gasteiger partial charge in [0, 0.05) is 20.5 Å². The Labute approximate surface area is 145 Å². The lowest BCUT2D eigenvalue weighted by atomic mass is 9.90. The zero-order chi connectivity index (χ0) is 18.1. The number of fused-ring (bicyclic) bond motifs is 1. The van der Waals surface area contributed by atoms with Crippen LogP contribution in [0.5, 0.6) is 0 Å². The molecule has 1 unspecified atom stereocenters. The summed E-state index contributed by atoms with van der Waals surface area (Å²) in [5.74, 6) is -0.887. The van der Waals surface area contributed by atoms with E-state index in [2.05, 4.69) is 5.43 Å². The summed E-state index contributed by atoms with van der Waals surface area (Å²) in [5.41, 5.74) is 4.53. The lowest BCUT2D eigenvalue weighted by Gasteiger charge is -2.36. The number of likely N-dealkylation sites (N-methyl/N-ethyl adjacent to an activating group) is 1. The molecule has 0 radical (unpaired) electrons. The molecule has 5 amide bonds. The first-order valence-electron chi connectivity index (χ1n) is 8.11. The molecule has 1 saturated heterocycles. The minimum Gasteiger partial charge on any atom is -0.335 e. The smallest absolute Gasteiger partial charge is 0.335 e. The van der Waals surface area contributed by atoms with Gasteiger partial charge in [0.25, 0.3) is 5.91 Å². The summed E-state index contributed by atoms with van der Waals surface area (Å²) in [7, 11) is 1.37. The van der Waals surface area contributed by atoms with Crippen LogP contribution >= 0.6 is 0 Å². The number of amides is 5. The van der Waals surface area contributed by atoms with Crippen LogP contribution in [0.2, 0.25) is 0 Å². The van der Waals surface area contributed by atoms with Gasteiger partial charge in [0.2, 0.25) is 11.8 Å². The Hall–Kier alpha value is -2.90. The van der Waals surface area contributed by atoms with Crippen LogP contribution in [0.25, 0.3) is 0 Å². The van der Waals surface area contributed by atoms with Gasteiger partial charge in [0.1, 0.15) is 6.54 Å². The van der Waals surface area contributed by atoms with E-state index >= 15 is 0 Å². The highest BCUT2D eigenvalue weighted by atomic mass is 16.2. The average molecular weight is 344 g/mol. The van der Waals surface area contributed by atoms with E-state index in [9.17, 15) is 19.2 Å². The number of nitrogens with zero attached hydrogens (tertiary/aromatic N) is 3. The van der Waals surface area contributed by atoms with Crippen LogP contribution in [0, 0.1) is 0 Å². The van der Waals surface area contributed by atoms with Gasteiger partial charge >= 0.3 is 6.03 Å². The Kier molecular flexibility index (Phi) is 4.43. The highest BCUT2D eigenvalue weighted by Crippen LogP contribution is 2.32. The minimum absolute atomic E-state index is 0.0261. The van der Waals surface area contributed by atoms with Gasteiger partial charge in [0.15, 0.2) is 0 Å². The van der Waals surface area contributed by atoms with Crippen molar-refractivity contribution in [2.24, 2.45) is 0 Å². The Balaban J connectivity index is 1.75. The number of urea groups is 1. The molecule has 1 fully saturated rings. The first-order chi connectivity index (χ1) is 11.9. The maximum absolute atomic E-state index is 12.4. The first-order valence-corrected chi connectivity index (χ1v) is 8.11. The third kappa shape index (κ3) is 3.19. The molecule has 0 aromatic heterocycles. The number of carbonyl (C=O) groups is 4. The Morgan fingerprint density at radius 1 is 1.24 bits per heavy atom. The molecule has 0 saturated carbocycles. The second-order valence-corrected chi connectivity index (χ2v) is 6.24. The van der Waals surface area contributed by atoms with Crippen molar-refractivity contribution in [1.82, 2.24) is 20.2 Å². The standard InChI is InChI=1S/C17H20N4O4/c1-11(22)20-8-7-12-5-3-4-6-13(12)14(20)9-15(23)18-21-10-16(24)19(2)17(21)25/h3-6,14H,7-10H2,1-2H3,(H,18,23). The summed E-state index contributed by atoms with van der Waals surface area (Å²) in [6, 6.07) is 6.78. The highest BCUT2D eigenvalue weighted by Gasteiger charge is 2.36. The van der Waals surface area contributed by atoms with E-state index in [1.165, 1.54) is 14.0 Å². The maximum Gasteiger partial charge on any atom is 0.345 e. The van der Waals surface area contributed by atoms with Crippen LogP contribution in [0.3, 0.4) is 0 Å². The molecule has 132 valence electrons. The summed E-state index contributed by atoms with van der Waals surface area (Å²) in [6.45, 7) is 1.85. The largest absolute Gasteiger partial charge is 0.345 e. The number of benzene rings is 1. The number of hydrogen-bond acceptors (Lipinski definition) is 4. The molecule has 0 spiro atoms. The Morgan fingerprint density at radius 2 is 1.96 bits per heavy atom. The van der Waals surface area contributed by atoms with E-state index in [0.29, 0.717) is 6.54 Å². The van der Waals surface area contributed by atoms with Crippen LogP contribution < -0.4 is 5.43 Å². The van der Waals surface area contributed by atoms with Gasteiger partial charge in [-0.15, -0.1) is 0 Å². The third-order valence-electron chi connectivity index (χ3n) is 4.64. The summed E-state index contributed by atoms with van der Waals surface area (Å²) in [5, 5.41) is 0.998. The lowest BCUT2D eigenvalue weighted by molar-refractivity contribution is -0.134. The quantitative estimate of drug-likeness (QED) is 0.806. The minimum atomic E-state index is -0.564. The molecule has 2 heterocycles. The Morgan fingerprint density at radius 3 is 2.60 bits per heavy atom.